The number of benzene rings is 2. The molecule has 4 aromatic rings. The van der Waals surface area contributed by atoms with Gasteiger partial charge in [-0.3, -0.25) is 4.79 Å². The Hall–Kier alpha value is -3.71. The van der Waals surface area contributed by atoms with Crippen molar-refractivity contribution in [1.29, 1.82) is 0 Å². The number of nitrogens with zero attached hydrogens (tertiary/aromatic N) is 4. The fourth-order valence-corrected chi connectivity index (χ4v) is 4.63. The highest BCUT2D eigenvalue weighted by molar-refractivity contribution is 7.08. The van der Waals surface area contributed by atoms with Crippen LogP contribution in [0.4, 0.5) is 0 Å². The number of methoxy groups -OCH3 is 1. The number of carbonyl (C=O) groups is 1. The van der Waals surface area contributed by atoms with Crippen molar-refractivity contribution >= 4 is 23.0 Å². The number of rotatable bonds is 5. The van der Waals surface area contributed by atoms with E-state index in [9.17, 15) is 4.79 Å². The van der Waals surface area contributed by atoms with Gasteiger partial charge >= 0.3 is 0 Å². The van der Waals surface area contributed by atoms with E-state index < -0.39 is 0 Å². The second kappa shape index (κ2) is 8.43. The third kappa shape index (κ3) is 3.71. The first kappa shape index (κ1) is 20.2. The van der Waals surface area contributed by atoms with Crippen LogP contribution in [0, 0.1) is 0 Å². The Bertz CT molecular complexity index is 1280. The lowest BCUT2D eigenvalue weighted by molar-refractivity contribution is -0.130. The summed E-state index contributed by atoms with van der Waals surface area (Å²) in [6.07, 6.45) is 2.62. The van der Waals surface area contributed by atoms with Crippen LogP contribution in [-0.2, 0) is 4.79 Å². The number of carbonyl (C=O) groups excluding carboxylic acids is 1. The van der Waals surface area contributed by atoms with E-state index in [0.29, 0.717) is 6.42 Å². The first-order chi connectivity index (χ1) is 15.6. The van der Waals surface area contributed by atoms with Crippen molar-refractivity contribution < 1.29 is 9.53 Å². The maximum atomic E-state index is 12.6. The van der Waals surface area contributed by atoms with Crippen LogP contribution in [0.15, 0.2) is 82.7 Å². The van der Waals surface area contributed by atoms with E-state index in [2.05, 4.69) is 11.4 Å². The molecule has 1 atom stereocenters. The molecule has 5 rings (SSSR count). The number of ether oxygens (including phenoxy) is 1. The van der Waals surface area contributed by atoms with E-state index >= 15 is 0 Å². The van der Waals surface area contributed by atoms with Crippen LogP contribution in [0.1, 0.15) is 30.5 Å². The molecule has 1 aliphatic rings. The maximum absolute atomic E-state index is 12.6. The highest BCUT2D eigenvalue weighted by atomic mass is 32.1. The van der Waals surface area contributed by atoms with E-state index in [4.69, 9.17) is 14.9 Å². The van der Waals surface area contributed by atoms with Crippen LogP contribution in [0.2, 0.25) is 0 Å². The molecule has 0 aliphatic carbocycles. The second-order valence-electron chi connectivity index (χ2n) is 7.59. The average molecular weight is 443 g/mol. The Morgan fingerprint density at radius 2 is 1.94 bits per heavy atom. The molecule has 2 aromatic heterocycles. The van der Waals surface area contributed by atoms with Gasteiger partial charge in [-0.2, -0.15) is 21.5 Å². The molecule has 1 aliphatic heterocycles. The quantitative estimate of drug-likeness (QED) is 0.421. The van der Waals surface area contributed by atoms with E-state index in [-0.39, 0.29) is 11.9 Å². The predicted molar refractivity (Wildman–Crippen MR) is 126 cm³/mol. The zero-order valence-electron chi connectivity index (χ0n) is 17.8. The Balaban J connectivity index is 1.58. The van der Waals surface area contributed by atoms with E-state index in [1.54, 1.807) is 30.4 Å². The van der Waals surface area contributed by atoms with Gasteiger partial charge in [-0.1, -0.05) is 30.3 Å². The van der Waals surface area contributed by atoms with Crippen LogP contribution in [0.3, 0.4) is 0 Å². The summed E-state index contributed by atoms with van der Waals surface area (Å²) >= 11 is 1.63. The lowest BCUT2D eigenvalue weighted by Gasteiger charge is -2.20. The van der Waals surface area contributed by atoms with Gasteiger partial charge in [0, 0.05) is 41.6 Å². The number of hydrogen-bond acceptors (Lipinski definition) is 5. The van der Waals surface area contributed by atoms with Gasteiger partial charge in [0.1, 0.15) is 5.75 Å². The number of amides is 1. The first-order valence-corrected chi connectivity index (χ1v) is 11.3. The minimum absolute atomic E-state index is 0.100. The summed E-state index contributed by atoms with van der Waals surface area (Å²) in [6, 6.07) is 19.6. The molecule has 0 saturated heterocycles. The molecule has 32 heavy (non-hydrogen) atoms. The average Bonchev–Trinajstić information content (AvgIpc) is 3.58. The molecule has 1 amide bonds. The first-order valence-electron chi connectivity index (χ1n) is 10.3. The van der Waals surface area contributed by atoms with Crippen molar-refractivity contribution in [1.82, 2.24) is 14.8 Å². The Kier molecular flexibility index (Phi) is 5.33. The summed E-state index contributed by atoms with van der Waals surface area (Å²) in [5, 5.41) is 15.3. The summed E-state index contributed by atoms with van der Waals surface area (Å²) in [7, 11) is 1.64. The molecule has 3 heterocycles. The van der Waals surface area contributed by atoms with Crippen molar-refractivity contribution in [3.8, 4) is 22.7 Å². The van der Waals surface area contributed by atoms with Gasteiger partial charge in [-0.05, 0) is 35.7 Å². The highest BCUT2D eigenvalue weighted by Crippen LogP contribution is 2.39. The lowest BCUT2D eigenvalue weighted by Crippen LogP contribution is -2.24. The van der Waals surface area contributed by atoms with Crippen LogP contribution in [0.5, 0.6) is 5.75 Å². The SMILES string of the molecule is COc1cccc(C2=NN(C(C)=O)[C@H](c3cn(-c4ccccc4)nc3-c3ccsc3)C2)c1. The summed E-state index contributed by atoms with van der Waals surface area (Å²) in [5.74, 6) is 0.663. The number of hydrogen-bond donors (Lipinski definition) is 0. The van der Waals surface area contributed by atoms with Crippen molar-refractivity contribution in [3.63, 3.8) is 0 Å². The largest absolute Gasteiger partial charge is 0.497 e. The smallest absolute Gasteiger partial charge is 0.240 e. The zero-order valence-corrected chi connectivity index (χ0v) is 18.6. The molecule has 0 N–H and O–H groups in total. The molecule has 2 aromatic carbocycles. The van der Waals surface area contributed by atoms with Crippen molar-refractivity contribution in [3.05, 3.63) is 88.7 Å². The van der Waals surface area contributed by atoms with E-state index in [0.717, 1.165) is 39.5 Å². The van der Waals surface area contributed by atoms with Crippen LogP contribution >= 0.6 is 11.3 Å². The monoisotopic (exact) mass is 442 g/mol. The standard InChI is InChI=1S/C25H22N4O2S/c1-17(30)29-24(14-23(26-29)18-7-6-10-21(13-18)31-2)22-15-28(20-8-4-3-5-9-20)27-25(22)19-11-12-32-16-19/h3-13,15-16,24H,14H2,1-2H3/t24-/m0/s1. The summed E-state index contributed by atoms with van der Waals surface area (Å²) in [5.41, 5.74) is 5.66. The molecular weight excluding hydrogens is 420 g/mol. The number of aromatic nitrogens is 2. The topological polar surface area (TPSA) is 59.7 Å². The van der Waals surface area contributed by atoms with Gasteiger partial charge in [0.25, 0.3) is 0 Å². The molecular formula is C25H22N4O2S. The molecule has 7 heteroatoms. The third-order valence-corrected chi connectivity index (χ3v) is 6.24. The van der Waals surface area contributed by atoms with Crippen molar-refractivity contribution in [2.75, 3.05) is 7.11 Å². The molecule has 0 saturated carbocycles. The molecule has 0 fully saturated rings. The molecule has 0 bridgehead atoms. The highest BCUT2D eigenvalue weighted by Gasteiger charge is 2.35. The van der Waals surface area contributed by atoms with Gasteiger partial charge in [0.2, 0.25) is 5.91 Å². The van der Waals surface area contributed by atoms with Crippen LogP contribution in [-0.4, -0.2) is 33.5 Å². The fourth-order valence-electron chi connectivity index (χ4n) is 3.99. The van der Waals surface area contributed by atoms with Crippen LogP contribution < -0.4 is 4.74 Å². The van der Waals surface area contributed by atoms with Crippen molar-refractivity contribution in [2.45, 2.75) is 19.4 Å². The van der Waals surface area contributed by atoms with Gasteiger partial charge in [0.15, 0.2) is 0 Å². The Morgan fingerprint density at radius 3 is 2.66 bits per heavy atom. The Labute approximate surface area is 190 Å². The van der Waals surface area contributed by atoms with Gasteiger partial charge < -0.3 is 4.74 Å². The predicted octanol–water partition coefficient (Wildman–Crippen LogP) is 5.31. The summed E-state index contributed by atoms with van der Waals surface area (Å²) in [4.78, 5) is 12.6. The van der Waals surface area contributed by atoms with Gasteiger partial charge in [-0.25, -0.2) is 9.69 Å². The molecule has 0 unspecified atom stereocenters. The fraction of sp³-hybridized carbons (Fsp3) is 0.160. The molecule has 160 valence electrons. The third-order valence-electron chi connectivity index (χ3n) is 5.55. The summed E-state index contributed by atoms with van der Waals surface area (Å²) < 4.78 is 7.25. The Morgan fingerprint density at radius 1 is 1.09 bits per heavy atom. The second-order valence-corrected chi connectivity index (χ2v) is 8.37. The minimum atomic E-state index is -0.235. The van der Waals surface area contributed by atoms with E-state index in [1.807, 2.05) is 70.9 Å². The van der Waals surface area contributed by atoms with Crippen molar-refractivity contribution in [2.24, 2.45) is 5.10 Å². The molecule has 0 spiro atoms. The number of hydrazone groups is 1. The maximum Gasteiger partial charge on any atom is 0.240 e. The normalized spacial score (nSPS) is 15.6. The van der Waals surface area contributed by atoms with E-state index in [1.165, 1.54) is 0 Å². The van der Waals surface area contributed by atoms with Gasteiger partial charge in [-0.15, -0.1) is 0 Å². The number of thiophene rings is 1. The summed E-state index contributed by atoms with van der Waals surface area (Å²) in [6.45, 7) is 1.55. The molecule has 0 radical (unpaired) electrons. The molecule has 6 nitrogen and oxygen atoms in total. The minimum Gasteiger partial charge on any atom is -0.497 e. The lowest BCUT2D eigenvalue weighted by atomic mass is 9.97. The van der Waals surface area contributed by atoms with Crippen LogP contribution in [0.25, 0.3) is 16.9 Å². The number of para-hydroxylation sites is 1. The van der Waals surface area contributed by atoms with Gasteiger partial charge in [0.05, 0.1) is 30.2 Å². The zero-order chi connectivity index (χ0) is 22.1.